The van der Waals surface area contributed by atoms with E-state index in [1.54, 1.807) is 36.4 Å². The van der Waals surface area contributed by atoms with Crippen LogP contribution >= 0.6 is 11.6 Å². The Bertz CT molecular complexity index is 899. The summed E-state index contributed by atoms with van der Waals surface area (Å²) >= 11 is 6.34. The molecule has 1 saturated carbocycles. The molecule has 0 spiro atoms. The van der Waals surface area contributed by atoms with Crippen molar-refractivity contribution < 1.29 is 17.9 Å². The van der Waals surface area contributed by atoms with Gasteiger partial charge in [-0.25, -0.2) is 8.42 Å². The van der Waals surface area contributed by atoms with E-state index in [-0.39, 0.29) is 22.5 Å². The average molecular weight is 408 g/mol. The monoisotopic (exact) mass is 407 g/mol. The molecular weight excluding hydrogens is 386 g/mol. The third kappa shape index (κ3) is 4.34. The van der Waals surface area contributed by atoms with Gasteiger partial charge in [0.25, 0.3) is 0 Å². The third-order valence-electron chi connectivity index (χ3n) is 4.86. The highest BCUT2D eigenvalue weighted by Gasteiger charge is 2.45. The zero-order valence-electron chi connectivity index (χ0n) is 15.0. The Morgan fingerprint density at radius 3 is 2.41 bits per heavy atom. The molecule has 5 nitrogen and oxygen atoms in total. The van der Waals surface area contributed by atoms with Crippen LogP contribution in [0, 0.1) is 0 Å². The quantitative estimate of drug-likeness (QED) is 0.584. The fraction of sp³-hybridized carbons (Fsp3) is 0.350. The van der Waals surface area contributed by atoms with Crippen LogP contribution in [0.5, 0.6) is 5.75 Å². The average Bonchev–Trinajstić information content (AvgIpc) is 2.67. The smallest absolute Gasteiger partial charge is 0.241 e. The van der Waals surface area contributed by atoms with Crippen LogP contribution in [0.15, 0.2) is 59.5 Å². The topological polar surface area (TPSA) is 72.5 Å². The van der Waals surface area contributed by atoms with Gasteiger partial charge in [-0.15, -0.1) is 11.6 Å². The van der Waals surface area contributed by atoms with Crippen molar-refractivity contribution in [3.05, 3.63) is 60.2 Å². The summed E-state index contributed by atoms with van der Waals surface area (Å²) < 4.78 is 33.8. The number of halogens is 1. The van der Waals surface area contributed by atoms with Gasteiger partial charge in [-0.1, -0.05) is 30.3 Å². The lowest BCUT2D eigenvalue weighted by molar-refractivity contribution is 0.0828. The highest BCUT2D eigenvalue weighted by atomic mass is 35.5. The predicted molar refractivity (Wildman–Crippen MR) is 105 cm³/mol. The second kappa shape index (κ2) is 8.00. The van der Waals surface area contributed by atoms with E-state index in [0.29, 0.717) is 24.2 Å². The van der Waals surface area contributed by atoms with Crippen molar-refractivity contribution in [1.82, 2.24) is 4.72 Å². The van der Waals surface area contributed by atoms with Gasteiger partial charge in [0.2, 0.25) is 10.0 Å². The number of benzene rings is 2. The number of carbonyl (C=O) groups is 1. The van der Waals surface area contributed by atoms with E-state index in [1.165, 1.54) is 19.2 Å². The van der Waals surface area contributed by atoms with Gasteiger partial charge in [0, 0.05) is 10.9 Å². The van der Waals surface area contributed by atoms with Gasteiger partial charge >= 0.3 is 0 Å². The summed E-state index contributed by atoms with van der Waals surface area (Å²) in [7, 11) is -2.39. The van der Waals surface area contributed by atoms with E-state index in [0.717, 1.165) is 6.42 Å². The SMILES string of the molecule is COc1ccc(S(=O)(=O)NC2(C(=O)c3ccccc3)CCCC(Cl)C2)cc1. The summed E-state index contributed by atoms with van der Waals surface area (Å²) in [5.41, 5.74) is -0.772. The molecule has 2 aromatic carbocycles. The lowest BCUT2D eigenvalue weighted by atomic mass is 9.77. The number of carbonyl (C=O) groups excluding carboxylic acids is 1. The summed E-state index contributed by atoms with van der Waals surface area (Å²) in [4.78, 5) is 13.4. The van der Waals surface area contributed by atoms with E-state index in [1.807, 2.05) is 6.07 Å². The van der Waals surface area contributed by atoms with Crippen molar-refractivity contribution in [3.63, 3.8) is 0 Å². The number of hydrogen-bond donors (Lipinski definition) is 1. The van der Waals surface area contributed by atoms with Gasteiger partial charge < -0.3 is 4.74 Å². The fourth-order valence-corrected chi connectivity index (χ4v) is 5.31. The Labute approximate surface area is 164 Å². The Balaban J connectivity index is 1.97. The third-order valence-corrected chi connectivity index (χ3v) is 6.79. The highest BCUT2D eigenvalue weighted by molar-refractivity contribution is 7.89. The molecule has 144 valence electrons. The van der Waals surface area contributed by atoms with Crippen LogP contribution in [0.3, 0.4) is 0 Å². The molecule has 0 heterocycles. The van der Waals surface area contributed by atoms with Crippen LogP contribution in [0.4, 0.5) is 0 Å². The maximum absolute atomic E-state index is 13.3. The summed E-state index contributed by atoms with van der Waals surface area (Å²) in [5.74, 6) is 0.313. The number of ether oxygens (including phenoxy) is 1. The molecule has 1 aliphatic rings. The number of methoxy groups -OCH3 is 1. The molecule has 7 heteroatoms. The zero-order valence-corrected chi connectivity index (χ0v) is 16.6. The Morgan fingerprint density at radius 1 is 1.15 bits per heavy atom. The number of nitrogens with one attached hydrogen (secondary N) is 1. The van der Waals surface area contributed by atoms with E-state index >= 15 is 0 Å². The van der Waals surface area contributed by atoms with Crippen LogP contribution in [0.25, 0.3) is 0 Å². The summed E-state index contributed by atoms with van der Waals surface area (Å²) in [5, 5.41) is -0.259. The maximum Gasteiger partial charge on any atom is 0.241 e. The molecule has 2 aromatic rings. The number of hydrogen-bond acceptors (Lipinski definition) is 4. The van der Waals surface area contributed by atoms with Crippen LogP contribution in [-0.4, -0.2) is 32.2 Å². The minimum atomic E-state index is -3.90. The molecule has 0 radical (unpaired) electrons. The lowest BCUT2D eigenvalue weighted by Crippen LogP contribution is -2.57. The minimum Gasteiger partial charge on any atom is -0.497 e. The predicted octanol–water partition coefficient (Wildman–Crippen LogP) is 3.78. The van der Waals surface area contributed by atoms with E-state index in [9.17, 15) is 13.2 Å². The van der Waals surface area contributed by atoms with Gasteiger partial charge in [0.15, 0.2) is 5.78 Å². The molecule has 0 bridgehead atoms. The molecule has 2 unspecified atom stereocenters. The summed E-state index contributed by atoms with van der Waals surface area (Å²) in [6.45, 7) is 0. The van der Waals surface area contributed by atoms with E-state index in [2.05, 4.69) is 4.72 Å². The zero-order chi connectivity index (χ0) is 19.5. The molecule has 3 rings (SSSR count). The molecule has 1 aliphatic carbocycles. The summed E-state index contributed by atoms with van der Waals surface area (Å²) in [6, 6.07) is 14.8. The first-order valence-corrected chi connectivity index (χ1v) is 10.7. The fourth-order valence-electron chi connectivity index (χ4n) is 3.49. The number of Topliss-reactive ketones (excluding diaryl/α,β-unsaturated/α-hetero) is 1. The molecule has 0 aliphatic heterocycles. The van der Waals surface area contributed by atoms with Gasteiger partial charge in [0.1, 0.15) is 5.75 Å². The van der Waals surface area contributed by atoms with Gasteiger partial charge in [-0.3, -0.25) is 4.79 Å². The van der Waals surface area contributed by atoms with Crippen molar-refractivity contribution in [2.24, 2.45) is 0 Å². The van der Waals surface area contributed by atoms with E-state index in [4.69, 9.17) is 16.3 Å². The number of ketones is 1. The highest BCUT2D eigenvalue weighted by Crippen LogP contribution is 2.35. The second-order valence-electron chi connectivity index (χ2n) is 6.75. The molecule has 0 saturated heterocycles. The van der Waals surface area contributed by atoms with Crippen LogP contribution < -0.4 is 9.46 Å². The first kappa shape index (κ1) is 19.9. The van der Waals surface area contributed by atoms with Crippen molar-refractivity contribution in [2.45, 2.75) is 41.5 Å². The van der Waals surface area contributed by atoms with Crippen LogP contribution in [0.2, 0.25) is 0 Å². The second-order valence-corrected chi connectivity index (χ2v) is 9.05. The number of rotatable bonds is 6. The largest absolute Gasteiger partial charge is 0.497 e. The molecule has 27 heavy (non-hydrogen) atoms. The number of sulfonamides is 1. The van der Waals surface area contributed by atoms with Crippen molar-refractivity contribution in [2.75, 3.05) is 7.11 Å². The molecule has 1 fully saturated rings. The van der Waals surface area contributed by atoms with Crippen molar-refractivity contribution in [1.29, 1.82) is 0 Å². The molecule has 1 N–H and O–H groups in total. The molecule has 0 amide bonds. The van der Waals surface area contributed by atoms with Crippen LogP contribution in [0.1, 0.15) is 36.0 Å². The standard InChI is InChI=1S/C20H22ClNO4S/c1-26-17-9-11-18(12-10-17)27(24,25)22-20(13-5-8-16(21)14-20)19(23)15-6-3-2-4-7-15/h2-4,6-7,9-12,16,22H,5,8,13-14H2,1H3. The Kier molecular flexibility index (Phi) is 5.89. The Morgan fingerprint density at radius 2 is 1.81 bits per heavy atom. The number of alkyl halides is 1. The van der Waals surface area contributed by atoms with E-state index < -0.39 is 15.6 Å². The summed E-state index contributed by atoms with van der Waals surface area (Å²) in [6.07, 6.45) is 2.12. The van der Waals surface area contributed by atoms with Crippen molar-refractivity contribution >= 4 is 27.4 Å². The molecule has 2 atom stereocenters. The Hall–Kier alpha value is -1.89. The maximum atomic E-state index is 13.3. The van der Waals surface area contributed by atoms with Gasteiger partial charge in [-0.05, 0) is 49.9 Å². The first-order valence-electron chi connectivity index (χ1n) is 8.78. The van der Waals surface area contributed by atoms with Gasteiger partial charge in [-0.2, -0.15) is 4.72 Å². The molecular formula is C20H22ClNO4S. The minimum absolute atomic E-state index is 0.0835. The lowest BCUT2D eigenvalue weighted by Gasteiger charge is -2.38. The normalized spacial score (nSPS) is 23.0. The first-order chi connectivity index (χ1) is 12.9. The molecule has 0 aromatic heterocycles. The van der Waals surface area contributed by atoms with Crippen LogP contribution in [-0.2, 0) is 10.0 Å². The van der Waals surface area contributed by atoms with Gasteiger partial charge in [0.05, 0.1) is 17.5 Å². The van der Waals surface area contributed by atoms with Crippen molar-refractivity contribution in [3.8, 4) is 5.75 Å².